The Bertz CT molecular complexity index is 729. The number of esters is 1. The highest BCUT2D eigenvalue weighted by molar-refractivity contribution is 7.87. The molecule has 0 spiro atoms. The van der Waals surface area contributed by atoms with Crippen LogP contribution in [0.2, 0.25) is 0 Å². The summed E-state index contributed by atoms with van der Waals surface area (Å²) in [5.41, 5.74) is 0.316. The van der Waals surface area contributed by atoms with E-state index >= 15 is 0 Å². The van der Waals surface area contributed by atoms with Gasteiger partial charge in [-0.3, -0.25) is 9.35 Å². The van der Waals surface area contributed by atoms with Crippen LogP contribution >= 0.6 is 0 Å². The van der Waals surface area contributed by atoms with Gasteiger partial charge in [-0.15, -0.1) is 0 Å². The molecule has 1 atom stereocenters. The minimum atomic E-state index is -4.64. The van der Waals surface area contributed by atoms with Crippen LogP contribution < -0.4 is 9.04 Å². The van der Waals surface area contributed by atoms with E-state index in [4.69, 9.17) is 14.2 Å². The van der Waals surface area contributed by atoms with E-state index < -0.39 is 34.5 Å². The highest BCUT2D eigenvalue weighted by atomic mass is 32.2. The summed E-state index contributed by atoms with van der Waals surface area (Å²) in [6.45, 7) is 4.87. The lowest BCUT2D eigenvalue weighted by molar-refractivity contribution is -0.141. The number of nitrogens with zero attached hydrogens (tertiary/aromatic N) is 1. The topological polar surface area (TPSA) is 102 Å². The molecule has 0 aromatic heterocycles. The molecule has 8 nitrogen and oxygen atoms in total. The van der Waals surface area contributed by atoms with Crippen LogP contribution in [0.3, 0.4) is 0 Å². The Hall–Kier alpha value is -1.84. The van der Waals surface area contributed by atoms with E-state index in [2.05, 4.69) is 0 Å². The van der Waals surface area contributed by atoms with E-state index in [0.717, 1.165) is 0 Å². The Labute approximate surface area is 141 Å². The maximum Gasteiger partial charge on any atom is 0.360 e. The zero-order chi connectivity index (χ0) is 18.1. The van der Waals surface area contributed by atoms with Crippen LogP contribution in [0.5, 0.6) is 5.75 Å². The van der Waals surface area contributed by atoms with Gasteiger partial charge in [0.25, 0.3) is 0 Å². The van der Waals surface area contributed by atoms with Crippen LogP contribution in [-0.2, 0) is 30.0 Å². The molecule has 1 aliphatic rings. The third-order valence-electron chi connectivity index (χ3n) is 3.84. The van der Waals surface area contributed by atoms with E-state index in [-0.39, 0.29) is 12.3 Å². The van der Waals surface area contributed by atoms with Gasteiger partial charge in [0.05, 0.1) is 17.7 Å². The van der Waals surface area contributed by atoms with Gasteiger partial charge >= 0.3 is 16.3 Å². The monoisotopic (exact) mass is 359 g/mol. The molecule has 0 bridgehead atoms. The van der Waals surface area contributed by atoms with Crippen molar-refractivity contribution in [2.75, 3.05) is 24.6 Å². The summed E-state index contributed by atoms with van der Waals surface area (Å²) in [4.78, 5) is 11.6. The van der Waals surface area contributed by atoms with Crippen LogP contribution in [0.4, 0.5) is 5.69 Å². The second-order valence-electron chi connectivity index (χ2n) is 5.88. The zero-order valence-electron chi connectivity index (χ0n) is 14.0. The van der Waals surface area contributed by atoms with Crippen molar-refractivity contribution in [1.29, 1.82) is 0 Å². The van der Waals surface area contributed by atoms with Crippen molar-refractivity contribution in [2.24, 2.45) is 0 Å². The first-order chi connectivity index (χ1) is 11.1. The number of fused-ring (bicyclic) bond motifs is 1. The van der Waals surface area contributed by atoms with E-state index in [1.807, 2.05) is 13.8 Å². The van der Waals surface area contributed by atoms with Gasteiger partial charge < -0.3 is 14.2 Å². The van der Waals surface area contributed by atoms with Crippen molar-refractivity contribution in [3.05, 3.63) is 23.8 Å². The lowest BCUT2D eigenvalue weighted by Gasteiger charge is -2.25. The summed E-state index contributed by atoms with van der Waals surface area (Å²) < 4.78 is 49.1. The predicted molar refractivity (Wildman–Crippen MR) is 86.4 cm³/mol. The fraction of sp³-hybridized carbons (Fsp3) is 0.533. The number of hydrogen-bond donors (Lipinski definition) is 1. The van der Waals surface area contributed by atoms with Crippen LogP contribution in [0.15, 0.2) is 18.2 Å². The first-order valence-electron chi connectivity index (χ1n) is 7.36. The average Bonchev–Trinajstić information content (AvgIpc) is 2.74. The van der Waals surface area contributed by atoms with Crippen LogP contribution in [0.1, 0.15) is 26.3 Å². The van der Waals surface area contributed by atoms with Gasteiger partial charge in [0, 0.05) is 12.7 Å². The largest absolute Gasteiger partial charge is 0.465 e. The summed E-state index contributed by atoms with van der Waals surface area (Å²) in [5.74, 6) is -0.206. The van der Waals surface area contributed by atoms with Gasteiger partial charge in [-0.1, -0.05) is 0 Å². The number of carbonyl (C=O) groups excluding carboxylic acids is 1. The first-order valence-corrected chi connectivity index (χ1v) is 8.75. The van der Waals surface area contributed by atoms with Crippen LogP contribution in [0.25, 0.3) is 0 Å². The molecular formula is C15H21NO7S. The molecule has 9 heteroatoms. The van der Waals surface area contributed by atoms with Crippen LogP contribution in [0, 0.1) is 0 Å². The normalized spacial score (nSPS) is 18.6. The van der Waals surface area contributed by atoms with E-state index in [1.165, 1.54) is 13.2 Å². The van der Waals surface area contributed by atoms with Gasteiger partial charge in [-0.25, -0.2) is 4.31 Å². The highest BCUT2D eigenvalue weighted by Crippen LogP contribution is 2.44. The lowest BCUT2D eigenvalue weighted by atomic mass is 9.85. The number of carbonyl (C=O) groups is 1. The molecule has 1 aromatic carbocycles. The Morgan fingerprint density at radius 3 is 2.62 bits per heavy atom. The van der Waals surface area contributed by atoms with Crippen molar-refractivity contribution >= 4 is 22.0 Å². The predicted octanol–water partition coefficient (Wildman–Crippen LogP) is 1.50. The molecule has 1 unspecified atom stereocenters. The lowest BCUT2D eigenvalue weighted by Crippen LogP contribution is -2.36. The summed E-state index contributed by atoms with van der Waals surface area (Å²) in [7, 11) is -3.13. The van der Waals surface area contributed by atoms with Crippen molar-refractivity contribution in [3.8, 4) is 5.75 Å². The molecule has 2 rings (SSSR count). The number of anilines is 1. The Balaban J connectivity index is 2.42. The summed E-state index contributed by atoms with van der Waals surface area (Å²) >= 11 is 0. The molecule has 1 aromatic rings. The molecular weight excluding hydrogens is 338 g/mol. The molecule has 134 valence electrons. The molecule has 0 fully saturated rings. The number of hydrogen-bond acceptors (Lipinski definition) is 6. The highest BCUT2D eigenvalue weighted by Gasteiger charge is 2.42. The molecule has 0 radical (unpaired) electrons. The molecule has 1 aliphatic heterocycles. The minimum Gasteiger partial charge on any atom is -0.465 e. The quantitative estimate of drug-likeness (QED) is 0.606. The Kier molecular flexibility index (Phi) is 5.07. The van der Waals surface area contributed by atoms with Crippen molar-refractivity contribution < 1.29 is 32.0 Å². The molecule has 0 amide bonds. The second-order valence-corrected chi connectivity index (χ2v) is 7.21. The van der Waals surface area contributed by atoms with Crippen LogP contribution in [-0.4, -0.2) is 45.5 Å². The van der Waals surface area contributed by atoms with Crippen molar-refractivity contribution in [2.45, 2.75) is 32.5 Å². The smallest absolute Gasteiger partial charge is 0.360 e. The minimum absolute atomic E-state index is 0.110. The molecule has 0 saturated carbocycles. The molecule has 0 aliphatic carbocycles. The zero-order valence-corrected chi connectivity index (χ0v) is 14.8. The first kappa shape index (κ1) is 18.5. The maximum absolute atomic E-state index is 11.7. The summed E-state index contributed by atoms with van der Waals surface area (Å²) in [5, 5.41) is 0. The van der Waals surface area contributed by atoms with Crippen molar-refractivity contribution in [1.82, 2.24) is 0 Å². The van der Waals surface area contributed by atoms with Gasteiger partial charge in [-0.05, 0) is 39.0 Å². The van der Waals surface area contributed by atoms with Crippen molar-refractivity contribution in [3.63, 3.8) is 0 Å². The molecule has 0 saturated heterocycles. The van der Waals surface area contributed by atoms with Gasteiger partial charge in [0.1, 0.15) is 12.3 Å². The van der Waals surface area contributed by atoms with E-state index in [0.29, 0.717) is 15.6 Å². The molecule has 1 heterocycles. The maximum atomic E-state index is 11.7. The number of benzene rings is 1. The van der Waals surface area contributed by atoms with Gasteiger partial charge in [0.2, 0.25) is 6.29 Å². The third kappa shape index (κ3) is 3.47. The molecule has 1 N–H and O–H groups in total. The van der Waals surface area contributed by atoms with E-state index in [1.54, 1.807) is 19.1 Å². The average molecular weight is 359 g/mol. The number of ether oxygens (including phenoxy) is 3. The number of rotatable bonds is 6. The Morgan fingerprint density at radius 1 is 1.42 bits per heavy atom. The second kappa shape index (κ2) is 6.58. The van der Waals surface area contributed by atoms with Gasteiger partial charge in [0.15, 0.2) is 0 Å². The number of methoxy groups -OCH3 is 1. The SMILES string of the molecule is CCOC(=O)CN(c1ccc2c(c1)C(C)(C)C(OC)O2)S(=O)(=O)O. The fourth-order valence-corrected chi connectivity index (χ4v) is 3.29. The Morgan fingerprint density at radius 2 is 2.08 bits per heavy atom. The fourth-order valence-electron chi connectivity index (χ4n) is 2.64. The standard InChI is InChI=1S/C15H21NO7S/c1-5-22-13(17)9-16(24(18,19)20)10-6-7-12-11(8-10)15(2,3)14(21-4)23-12/h6-8,14H,5,9H2,1-4H3,(H,18,19,20). The third-order valence-corrected chi connectivity index (χ3v) is 4.74. The summed E-state index contributed by atoms with van der Waals surface area (Å²) in [6.07, 6.45) is -0.521. The summed E-state index contributed by atoms with van der Waals surface area (Å²) in [6, 6.07) is 4.58. The molecule has 24 heavy (non-hydrogen) atoms. The van der Waals surface area contributed by atoms with E-state index in [9.17, 15) is 17.8 Å². The van der Waals surface area contributed by atoms with Gasteiger partial charge in [-0.2, -0.15) is 8.42 Å².